The smallest absolute Gasteiger partial charge is 0.356 e. The van der Waals surface area contributed by atoms with E-state index in [0.29, 0.717) is 13.1 Å². The molecule has 23 heavy (non-hydrogen) atoms. The molecule has 7 heteroatoms. The Morgan fingerprint density at radius 3 is 2.74 bits per heavy atom. The van der Waals surface area contributed by atoms with E-state index < -0.39 is 5.97 Å². The summed E-state index contributed by atoms with van der Waals surface area (Å²) >= 11 is 0. The number of hydrogen-bond acceptors (Lipinski definition) is 6. The third kappa shape index (κ3) is 4.07. The van der Waals surface area contributed by atoms with Gasteiger partial charge in [-0.15, -0.1) is 0 Å². The molecule has 0 bridgehead atoms. The van der Waals surface area contributed by atoms with Crippen molar-refractivity contribution in [2.24, 2.45) is 0 Å². The summed E-state index contributed by atoms with van der Waals surface area (Å²) in [6.45, 7) is 4.97. The highest BCUT2D eigenvalue weighted by Gasteiger charge is 2.12. The second-order valence-corrected chi connectivity index (χ2v) is 5.36. The summed E-state index contributed by atoms with van der Waals surface area (Å²) in [6.07, 6.45) is 5.49. The zero-order valence-corrected chi connectivity index (χ0v) is 13.4. The number of methoxy groups -OCH3 is 1. The van der Waals surface area contributed by atoms with Crippen molar-refractivity contribution in [1.82, 2.24) is 19.7 Å². The Labute approximate surface area is 135 Å². The Balaban J connectivity index is 2.06. The number of hydrogen-bond donors (Lipinski definition) is 0. The SMILES string of the molecule is COC(=O)c1ccc(CN(C#N)Cc2ccnn2C(C)C)cn1. The van der Waals surface area contributed by atoms with Crippen molar-refractivity contribution in [2.75, 3.05) is 7.11 Å². The summed E-state index contributed by atoms with van der Waals surface area (Å²) < 4.78 is 6.50. The Morgan fingerprint density at radius 2 is 2.17 bits per heavy atom. The van der Waals surface area contributed by atoms with Crippen LogP contribution in [-0.4, -0.2) is 32.7 Å². The standard InChI is InChI=1S/C16H19N5O2/c1-12(2)21-14(6-7-19-21)10-20(11-17)9-13-4-5-15(18-8-13)16(22)23-3/h4-8,12H,9-10H2,1-3H3. The molecule has 0 atom stereocenters. The molecule has 0 fully saturated rings. The number of aromatic nitrogens is 3. The highest BCUT2D eigenvalue weighted by atomic mass is 16.5. The first-order chi connectivity index (χ1) is 11.0. The van der Waals surface area contributed by atoms with Crippen LogP contribution in [0.2, 0.25) is 0 Å². The molecule has 0 unspecified atom stereocenters. The van der Waals surface area contributed by atoms with Gasteiger partial charge in [0.25, 0.3) is 0 Å². The van der Waals surface area contributed by atoms with Crippen molar-refractivity contribution in [3.05, 3.63) is 47.5 Å². The summed E-state index contributed by atoms with van der Waals surface area (Å²) in [5.41, 5.74) is 2.06. The second-order valence-electron chi connectivity index (χ2n) is 5.36. The first-order valence-electron chi connectivity index (χ1n) is 7.25. The van der Waals surface area contributed by atoms with Crippen molar-refractivity contribution < 1.29 is 9.53 Å². The molecule has 7 nitrogen and oxygen atoms in total. The summed E-state index contributed by atoms with van der Waals surface area (Å²) in [7, 11) is 1.31. The van der Waals surface area contributed by atoms with Gasteiger partial charge in [-0.05, 0) is 31.5 Å². The van der Waals surface area contributed by atoms with Crippen LogP contribution in [0.3, 0.4) is 0 Å². The molecule has 0 saturated heterocycles. The molecule has 0 aromatic carbocycles. The number of pyridine rings is 1. The maximum absolute atomic E-state index is 11.4. The van der Waals surface area contributed by atoms with Crippen molar-refractivity contribution in [3.8, 4) is 6.19 Å². The minimum atomic E-state index is -0.477. The molecular formula is C16H19N5O2. The fourth-order valence-corrected chi connectivity index (χ4v) is 2.22. The number of nitrogens with zero attached hydrogens (tertiary/aromatic N) is 5. The summed E-state index contributed by atoms with van der Waals surface area (Å²) in [5, 5.41) is 13.6. The molecule has 0 N–H and O–H groups in total. The molecule has 120 valence electrons. The van der Waals surface area contributed by atoms with Gasteiger partial charge in [0.1, 0.15) is 5.69 Å². The lowest BCUT2D eigenvalue weighted by Gasteiger charge is -2.18. The average Bonchev–Trinajstić information content (AvgIpc) is 3.02. The molecular weight excluding hydrogens is 294 g/mol. The maximum atomic E-state index is 11.4. The van der Waals surface area contributed by atoms with Crippen LogP contribution in [0.1, 0.15) is 41.6 Å². The lowest BCUT2D eigenvalue weighted by molar-refractivity contribution is 0.0594. The van der Waals surface area contributed by atoms with Gasteiger partial charge in [-0.1, -0.05) is 6.07 Å². The molecule has 0 aliphatic carbocycles. The van der Waals surface area contributed by atoms with Crippen LogP contribution in [0.5, 0.6) is 0 Å². The first kappa shape index (κ1) is 16.5. The van der Waals surface area contributed by atoms with Gasteiger partial charge in [0.15, 0.2) is 6.19 Å². The van der Waals surface area contributed by atoms with Gasteiger partial charge in [0.2, 0.25) is 0 Å². The Bertz CT molecular complexity index is 700. The van der Waals surface area contributed by atoms with Crippen LogP contribution in [-0.2, 0) is 17.8 Å². The van der Waals surface area contributed by atoms with Crippen molar-refractivity contribution >= 4 is 5.97 Å². The van der Waals surface area contributed by atoms with Gasteiger partial charge in [-0.25, -0.2) is 9.78 Å². The highest BCUT2D eigenvalue weighted by molar-refractivity contribution is 5.86. The summed E-state index contributed by atoms with van der Waals surface area (Å²) in [6, 6.07) is 5.50. The van der Waals surface area contributed by atoms with Crippen molar-refractivity contribution in [1.29, 1.82) is 5.26 Å². The minimum Gasteiger partial charge on any atom is -0.464 e. The highest BCUT2D eigenvalue weighted by Crippen LogP contribution is 2.13. The molecule has 2 heterocycles. The molecule has 2 rings (SSSR count). The third-order valence-electron chi connectivity index (χ3n) is 3.33. The molecule has 2 aromatic rings. The van der Waals surface area contributed by atoms with E-state index >= 15 is 0 Å². The first-order valence-corrected chi connectivity index (χ1v) is 7.25. The molecule has 0 aliphatic rings. The molecule has 0 amide bonds. The molecule has 0 spiro atoms. The van der Waals surface area contributed by atoms with E-state index in [1.165, 1.54) is 7.11 Å². The number of carbonyl (C=O) groups is 1. The number of esters is 1. The van der Waals surface area contributed by atoms with Crippen LogP contribution >= 0.6 is 0 Å². The van der Waals surface area contributed by atoms with E-state index in [-0.39, 0.29) is 11.7 Å². The second kappa shape index (κ2) is 7.40. The van der Waals surface area contributed by atoms with Gasteiger partial charge in [0, 0.05) is 18.4 Å². The lowest BCUT2D eigenvalue weighted by atomic mass is 10.2. The van der Waals surface area contributed by atoms with Crippen LogP contribution in [0.25, 0.3) is 0 Å². The normalized spacial score (nSPS) is 10.4. The monoisotopic (exact) mass is 313 g/mol. The summed E-state index contributed by atoms with van der Waals surface area (Å²) in [4.78, 5) is 17.0. The largest absolute Gasteiger partial charge is 0.464 e. The van der Waals surface area contributed by atoms with Gasteiger partial charge in [0.05, 0.1) is 25.9 Å². The maximum Gasteiger partial charge on any atom is 0.356 e. The molecule has 2 aromatic heterocycles. The van der Waals surface area contributed by atoms with Gasteiger partial charge in [-0.3, -0.25) is 4.68 Å². The van der Waals surface area contributed by atoms with Gasteiger partial charge < -0.3 is 9.64 Å². The quantitative estimate of drug-likeness (QED) is 0.461. The van der Waals surface area contributed by atoms with E-state index in [0.717, 1.165) is 11.3 Å². The van der Waals surface area contributed by atoms with Crippen molar-refractivity contribution in [2.45, 2.75) is 33.0 Å². The third-order valence-corrected chi connectivity index (χ3v) is 3.33. The van der Waals surface area contributed by atoms with Crippen LogP contribution in [0.4, 0.5) is 0 Å². The van der Waals surface area contributed by atoms with Crippen molar-refractivity contribution in [3.63, 3.8) is 0 Å². The van der Waals surface area contributed by atoms with Crippen LogP contribution in [0, 0.1) is 11.5 Å². The summed E-state index contributed by atoms with van der Waals surface area (Å²) in [5.74, 6) is -0.477. The fraction of sp³-hybridized carbons (Fsp3) is 0.375. The van der Waals surface area contributed by atoms with E-state index in [4.69, 9.17) is 0 Å². The fourth-order valence-electron chi connectivity index (χ4n) is 2.22. The zero-order chi connectivity index (χ0) is 16.8. The van der Waals surface area contributed by atoms with Gasteiger partial charge >= 0.3 is 5.97 Å². The number of rotatable bonds is 6. The number of carbonyl (C=O) groups excluding carboxylic acids is 1. The minimum absolute atomic E-state index is 0.238. The van der Waals surface area contributed by atoms with E-state index in [2.05, 4.69) is 21.0 Å². The number of ether oxygens (including phenoxy) is 1. The van der Waals surface area contributed by atoms with Gasteiger partial charge in [-0.2, -0.15) is 10.4 Å². The number of nitriles is 1. The molecule has 0 radical (unpaired) electrons. The van der Waals surface area contributed by atoms with E-state index in [1.54, 1.807) is 29.4 Å². The predicted octanol–water partition coefficient (Wildman–Crippen LogP) is 2.13. The Morgan fingerprint density at radius 1 is 1.39 bits per heavy atom. The Hall–Kier alpha value is -2.88. The van der Waals surface area contributed by atoms with Crippen LogP contribution in [0.15, 0.2) is 30.6 Å². The lowest BCUT2D eigenvalue weighted by Crippen LogP contribution is -2.20. The Kier molecular flexibility index (Phi) is 5.31. The molecule has 0 aliphatic heterocycles. The topological polar surface area (TPSA) is 84.0 Å². The van der Waals surface area contributed by atoms with E-state index in [9.17, 15) is 10.1 Å². The predicted molar refractivity (Wildman–Crippen MR) is 83.0 cm³/mol. The van der Waals surface area contributed by atoms with Crippen LogP contribution < -0.4 is 0 Å². The average molecular weight is 313 g/mol. The van der Waals surface area contributed by atoms with E-state index in [1.807, 2.05) is 24.6 Å². The molecule has 0 saturated carbocycles. The zero-order valence-electron chi connectivity index (χ0n) is 13.4.